The second kappa shape index (κ2) is 12.1. The van der Waals surface area contributed by atoms with Gasteiger partial charge in [0.1, 0.15) is 30.6 Å². The molecule has 0 aliphatic carbocycles. The van der Waals surface area contributed by atoms with Crippen LogP contribution in [0.4, 0.5) is 5.13 Å². The Morgan fingerprint density at radius 2 is 1.88 bits per heavy atom. The van der Waals surface area contributed by atoms with E-state index in [2.05, 4.69) is 20.7 Å². The molecule has 0 bridgehead atoms. The summed E-state index contributed by atoms with van der Waals surface area (Å²) in [7, 11) is 1.53. The highest BCUT2D eigenvalue weighted by atomic mass is 32.2. The third-order valence-electron chi connectivity index (χ3n) is 4.48. The van der Waals surface area contributed by atoms with E-state index in [1.165, 1.54) is 24.9 Å². The minimum absolute atomic E-state index is 0.0709. The average molecular weight is 497 g/mol. The van der Waals surface area contributed by atoms with Gasteiger partial charge in [0.05, 0.1) is 7.11 Å². The molecule has 10 heteroatoms. The minimum Gasteiger partial charge on any atom is -0.493 e. The molecule has 0 radical (unpaired) electrons. The van der Waals surface area contributed by atoms with Crippen molar-refractivity contribution in [3.63, 3.8) is 0 Å². The third-order valence-corrected chi connectivity index (χ3v) is 5.77. The van der Waals surface area contributed by atoms with E-state index in [9.17, 15) is 10.1 Å². The van der Waals surface area contributed by atoms with E-state index in [-0.39, 0.29) is 5.57 Å². The Morgan fingerprint density at radius 3 is 2.53 bits per heavy atom. The number of nitriles is 1. The maximum Gasteiger partial charge on any atom is 0.268 e. The Morgan fingerprint density at radius 1 is 1.15 bits per heavy atom. The highest BCUT2D eigenvalue weighted by Gasteiger charge is 2.14. The highest BCUT2D eigenvalue weighted by molar-refractivity contribution is 7.98. The van der Waals surface area contributed by atoms with Gasteiger partial charge < -0.3 is 14.2 Å². The van der Waals surface area contributed by atoms with Gasteiger partial charge in [0.15, 0.2) is 11.5 Å². The molecule has 3 aromatic rings. The number of benzene rings is 2. The second-order valence-corrected chi connectivity index (χ2v) is 8.67. The molecule has 1 N–H and O–H groups in total. The van der Waals surface area contributed by atoms with Crippen LogP contribution in [0.15, 0.2) is 47.1 Å². The zero-order valence-corrected chi connectivity index (χ0v) is 20.9. The van der Waals surface area contributed by atoms with E-state index >= 15 is 0 Å². The number of thioether (sulfide) groups is 1. The van der Waals surface area contributed by atoms with Crippen LogP contribution in [-0.2, 0) is 4.79 Å². The lowest BCUT2D eigenvalue weighted by Crippen LogP contribution is -2.13. The maximum atomic E-state index is 12.5. The quantitative estimate of drug-likeness (QED) is 0.183. The largest absolute Gasteiger partial charge is 0.493 e. The predicted octanol–water partition coefficient (Wildman–Crippen LogP) is 4.89. The van der Waals surface area contributed by atoms with Crippen LogP contribution in [0.1, 0.15) is 16.7 Å². The van der Waals surface area contributed by atoms with E-state index in [0.29, 0.717) is 40.6 Å². The molecule has 1 heterocycles. The Labute approximate surface area is 206 Å². The SMILES string of the molecule is COc1cc(/C=C(/C#N)C(=O)Nc2nc(SC)ns2)ccc1OCCOc1cc(C)cc(C)c1. The van der Waals surface area contributed by atoms with Crippen LogP contribution in [-0.4, -0.2) is 41.8 Å². The first-order valence-corrected chi connectivity index (χ1v) is 12.2. The molecule has 0 aliphatic rings. The Kier molecular flexibility index (Phi) is 8.90. The summed E-state index contributed by atoms with van der Waals surface area (Å²) >= 11 is 2.43. The fourth-order valence-corrected chi connectivity index (χ4v) is 4.17. The van der Waals surface area contributed by atoms with Gasteiger partial charge in [-0.25, -0.2) is 0 Å². The molecular weight excluding hydrogens is 472 g/mol. The molecule has 1 amide bonds. The van der Waals surface area contributed by atoms with Crippen LogP contribution in [0.25, 0.3) is 6.08 Å². The Balaban J connectivity index is 1.62. The first-order chi connectivity index (χ1) is 16.4. The number of hydrogen-bond acceptors (Lipinski definition) is 9. The number of methoxy groups -OCH3 is 1. The Bertz CT molecular complexity index is 1210. The number of carbonyl (C=O) groups is 1. The third kappa shape index (κ3) is 6.97. The second-order valence-electron chi connectivity index (χ2n) is 7.14. The molecule has 1 aromatic heterocycles. The summed E-state index contributed by atoms with van der Waals surface area (Å²) in [6.07, 6.45) is 3.31. The molecule has 34 heavy (non-hydrogen) atoms. The Hall–Kier alpha value is -3.55. The number of hydrogen-bond donors (Lipinski definition) is 1. The molecule has 0 saturated heterocycles. The monoisotopic (exact) mass is 496 g/mol. The highest BCUT2D eigenvalue weighted by Crippen LogP contribution is 2.29. The van der Waals surface area contributed by atoms with Crippen molar-refractivity contribution in [2.75, 3.05) is 31.9 Å². The molecule has 0 saturated carbocycles. The van der Waals surface area contributed by atoms with Crippen molar-refractivity contribution in [3.05, 3.63) is 58.7 Å². The first-order valence-electron chi connectivity index (χ1n) is 10.2. The summed E-state index contributed by atoms with van der Waals surface area (Å²) in [5.41, 5.74) is 2.82. The molecule has 0 aliphatic heterocycles. The van der Waals surface area contributed by atoms with Crippen molar-refractivity contribution >= 4 is 40.4 Å². The molecule has 176 valence electrons. The van der Waals surface area contributed by atoms with Gasteiger partial charge in [-0.2, -0.15) is 14.6 Å². The van der Waals surface area contributed by atoms with E-state index in [4.69, 9.17) is 14.2 Å². The molecule has 0 atom stereocenters. The number of aromatic nitrogens is 2. The molecule has 2 aromatic carbocycles. The van der Waals surface area contributed by atoms with Crippen LogP contribution < -0.4 is 19.5 Å². The summed E-state index contributed by atoms with van der Waals surface area (Å²) in [5, 5.41) is 12.9. The van der Waals surface area contributed by atoms with Crippen molar-refractivity contribution in [2.24, 2.45) is 0 Å². The lowest BCUT2D eigenvalue weighted by molar-refractivity contribution is -0.112. The molecule has 3 rings (SSSR count). The average Bonchev–Trinajstić information content (AvgIpc) is 3.27. The van der Waals surface area contributed by atoms with Gasteiger partial charge in [-0.1, -0.05) is 23.9 Å². The van der Waals surface area contributed by atoms with Gasteiger partial charge in [-0.3, -0.25) is 10.1 Å². The van der Waals surface area contributed by atoms with Gasteiger partial charge in [0.25, 0.3) is 5.91 Å². The van der Waals surface area contributed by atoms with Crippen LogP contribution in [0, 0.1) is 25.2 Å². The van der Waals surface area contributed by atoms with Gasteiger partial charge in [0.2, 0.25) is 10.3 Å². The lowest BCUT2D eigenvalue weighted by Gasteiger charge is -2.13. The van der Waals surface area contributed by atoms with E-state index in [0.717, 1.165) is 28.4 Å². The van der Waals surface area contributed by atoms with E-state index in [1.54, 1.807) is 18.2 Å². The number of nitrogens with one attached hydrogen (secondary N) is 1. The van der Waals surface area contributed by atoms with E-state index in [1.807, 2.05) is 38.3 Å². The normalized spacial score (nSPS) is 11.0. The van der Waals surface area contributed by atoms with Crippen molar-refractivity contribution in [2.45, 2.75) is 19.0 Å². The number of ether oxygens (including phenoxy) is 3. The number of rotatable bonds is 10. The fraction of sp³-hybridized carbons (Fsp3) is 0.250. The van der Waals surface area contributed by atoms with Crippen molar-refractivity contribution in [1.82, 2.24) is 9.36 Å². The van der Waals surface area contributed by atoms with Crippen molar-refractivity contribution in [1.29, 1.82) is 5.26 Å². The summed E-state index contributed by atoms with van der Waals surface area (Å²) in [5.74, 6) is 1.25. The van der Waals surface area contributed by atoms with Gasteiger partial charge >= 0.3 is 0 Å². The zero-order chi connectivity index (χ0) is 24.5. The van der Waals surface area contributed by atoms with Crippen LogP contribution in [0.3, 0.4) is 0 Å². The molecule has 0 fully saturated rings. The molecule has 0 unspecified atom stereocenters. The minimum atomic E-state index is -0.561. The van der Waals surface area contributed by atoms with Crippen LogP contribution >= 0.6 is 23.3 Å². The predicted molar refractivity (Wildman–Crippen MR) is 134 cm³/mol. The number of anilines is 1. The maximum absolute atomic E-state index is 12.5. The van der Waals surface area contributed by atoms with Crippen LogP contribution in [0.2, 0.25) is 0 Å². The van der Waals surface area contributed by atoms with Crippen molar-refractivity contribution < 1.29 is 19.0 Å². The van der Waals surface area contributed by atoms with Crippen molar-refractivity contribution in [3.8, 4) is 23.3 Å². The van der Waals surface area contributed by atoms with Gasteiger partial charge in [0, 0.05) is 11.5 Å². The number of carbonyl (C=O) groups excluding carboxylic acids is 1. The standard InChI is InChI=1S/C24H24N4O4S2/c1-15-9-16(2)11-19(10-15)31-7-8-32-20-6-5-17(13-21(20)30-3)12-18(14-25)22(29)26-23-27-24(33-4)28-34-23/h5-6,9-13H,7-8H2,1-4H3,(H,26,27,28,29)/b18-12-. The number of aryl methyl sites for hydroxylation is 2. The lowest BCUT2D eigenvalue weighted by atomic mass is 10.1. The number of amides is 1. The summed E-state index contributed by atoms with van der Waals surface area (Å²) in [6.45, 7) is 4.74. The summed E-state index contributed by atoms with van der Waals surface area (Å²) in [4.78, 5) is 16.6. The molecule has 0 spiro atoms. The van der Waals surface area contributed by atoms with Gasteiger partial charge in [-0.15, -0.1) is 0 Å². The fourth-order valence-electron chi connectivity index (χ4n) is 3.04. The van der Waals surface area contributed by atoms with Crippen LogP contribution in [0.5, 0.6) is 17.2 Å². The van der Waals surface area contributed by atoms with Gasteiger partial charge in [-0.05, 0) is 67.1 Å². The first kappa shape index (κ1) is 25.1. The molecule has 8 nitrogen and oxygen atoms in total. The topological polar surface area (TPSA) is 106 Å². The zero-order valence-electron chi connectivity index (χ0n) is 19.2. The molecular formula is C24H24N4O4S2. The number of nitrogens with zero attached hydrogens (tertiary/aromatic N) is 3. The van der Waals surface area contributed by atoms with E-state index < -0.39 is 5.91 Å². The summed E-state index contributed by atoms with van der Waals surface area (Å²) in [6, 6.07) is 13.1. The smallest absolute Gasteiger partial charge is 0.268 e. The summed E-state index contributed by atoms with van der Waals surface area (Å²) < 4.78 is 21.1.